The standard InChI is InChI=1S/C13H7F6N3O2/c14-9-3-6(12(15,16)13(17,18)19)1-2-8(9)11(24)21-7-4-10(23)22-20-5-7/h1-5H,(H2,21,22,23,24). The van der Waals surface area contributed by atoms with E-state index in [1.165, 1.54) is 0 Å². The van der Waals surface area contributed by atoms with Crippen LogP contribution in [0, 0.1) is 5.82 Å². The van der Waals surface area contributed by atoms with Crippen LogP contribution in [0.1, 0.15) is 15.9 Å². The van der Waals surface area contributed by atoms with Gasteiger partial charge in [0, 0.05) is 11.6 Å². The molecule has 0 unspecified atom stereocenters. The molecule has 24 heavy (non-hydrogen) atoms. The molecule has 0 aliphatic carbocycles. The minimum absolute atomic E-state index is 0.0710. The molecule has 2 aromatic rings. The molecule has 1 heterocycles. The van der Waals surface area contributed by atoms with E-state index >= 15 is 0 Å². The number of aromatic nitrogens is 2. The van der Waals surface area contributed by atoms with Crippen molar-refractivity contribution in [1.29, 1.82) is 0 Å². The van der Waals surface area contributed by atoms with Gasteiger partial charge in [-0.25, -0.2) is 9.49 Å². The van der Waals surface area contributed by atoms with Crippen LogP contribution in [-0.2, 0) is 5.92 Å². The fourth-order valence-corrected chi connectivity index (χ4v) is 1.70. The number of nitrogens with zero attached hydrogens (tertiary/aromatic N) is 1. The molecular weight excluding hydrogens is 344 g/mol. The highest BCUT2D eigenvalue weighted by atomic mass is 19.4. The number of halogens is 6. The Hall–Kier alpha value is -2.85. The van der Waals surface area contributed by atoms with Gasteiger partial charge in [-0.3, -0.25) is 9.59 Å². The van der Waals surface area contributed by atoms with Crippen LogP contribution in [0.25, 0.3) is 0 Å². The number of anilines is 1. The van der Waals surface area contributed by atoms with E-state index in [9.17, 15) is 35.9 Å². The Morgan fingerprint density at radius 1 is 1.12 bits per heavy atom. The van der Waals surface area contributed by atoms with E-state index in [0.29, 0.717) is 12.1 Å². The topological polar surface area (TPSA) is 74.8 Å². The van der Waals surface area contributed by atoms with E-state index in [2.05, 4.69) is 10.4 Å². The largest absolute Gasteiger partial charge is 0.458 e. The molecule has 0 bridgehead atoms. The monoisotopic (exact) mass is 351 g/mol. The van der Waals surface area contributed by atoms with E-state index in [4.69, 9.17) is 0 Å². The quantitative estimate of drug-likeness (QED) is 0.835. The summed E-state index contributed by atoms with van der Waals surface area (Å²) >= 11 is 0. The predicted molar refractivity (Wildman–Crippen MR) is 69.2 cm³/mol. The first-order chi connectivity index (χ1) is 11.0. The molecule has 5 nitrogen and oxygen atoms in total. The summed E-state index contributed by atoms with van der Waals surface area (Å²) in [6.07, 6.45) is -4.89. The number of carbonyl (C=O) groups is 1. The Morgan fingerprint density at radius 2 is 1.79 bits per heavy atom. The van der Waals surface area contributed by atoms with Crippen LogP contribution in [0.4, 0.5) is 32.0 Å². The molecule has 0 atom stereocenters. The molecule has 0 spiro atoms. The Bertz CT molecular complexity index is 831. The van der Waals surface area contributed by atoms with Crippen molar-refractivity contribution in [2.24, 2.45) is 0 Å². The highest BCUT2D eigenvalue weighted by molar-refractivity contribution is 6.04. The molecule has 0 aliphatic heterocycles. The van der Waals surface area contributed by atoms with Crippen LogP contribution in [0.5, 0.6) is 0 Å². The van der Waals surface area contributed by atoms with Gasteiger partial charge in [-0.05, 0) is 12.1 Å². The predicted octanol–water partition coefficient (Wildman–Crippen LogP) is 2.82. The summed E-state index contributed by atoms with van der Waals surface area (Å²) in [5.74, 6) is -7.99. The maximum absolute atomic E-state index is 13.8. The van der Waals surface area contributed by atoms with Crippen LogP contribution in [0.2, 0.25) is 0 Å². The average molecular weight is 351 g/mol. The molecule has 0 saturated heterocycles. The number of hydrogen-bond acceptors (Lipinski definition) is 3. The van der Waals surface area contributed by atoms with Gasteiger partial charge in [-0.2, -0.15) is 27.1 Å². The van der Waals surface area contributed by atoms with E-state index in [1.54, 1.807) is 0 Å². The summed E-state index contributed by atoms with van der Waals surface area (Å²) in [5, 5.41) is 7.43. The number of carbonyl (C=O) groups excluding carboxylic acids is 1. The fraction of sp³-hybridized carbons (Fsp3) is 0.154. The second-order valence-electron chi connectivity index (χ2n) is 4.55. The molecule has 0 aliphatic rings. The summed E-state index contributed by atoms with van der Waals surface area (Å²) in [6, 6.07) is 1.62. The number of H-pyrrole nitrogens is 1. The lowest BCUT2D eigenvalue weighted by Crippen LogP contribution is -2.33. The number of rotatable bonds is 3. The van der Waals surface area contributed by atoms with Gasteiger partial charge in [0.15, 0.2) is 0 Å². The van der Waals surface area contributed by atoms with Crippen molar-refractivity contribution in [1.82, 2.24) is 10.2 Å². The molecule has 1 amide bonds. The van der Waals surface area contributed by atoms with Crippen molar-refractivity contribution in [3.8, 4) is 0 Å². The number of amides is 1. The minimum atomic E-state index is -5.90. The van der Waals surface area contributed by atoms with Gasteiger partial charge in [0.05, 0.1) is 17.4 Å². The van der Waals surface area contributed by atoms with Crippen LogP contribution in [0.3, 0.4) is 0 Å². The van der Waals surface area contributed by atoms with Crippen LogP contribution >= 0.6 is 0 Å². The average Bonchev–Trinajstić information content (AvgIpc) is 2.45. The van der Waals surface area contributed by atoms with E-state index in [1.807, 2.05) is 5.10 Å². The van der Waals surface area contributed by atoms with Crippen molar-refractivity contribution in [2.75, 3.05) is 5.32 Å². The molecule has 1 aromatic heterocycles. The van der Waals surface area contributed by atoms with Crippen molar-refractivity contribution >= 4 is 11.6 Å². The first-order valence-corrected chi connectivity index (χ1v) is 6.13. The summed E-state index contributed by atoms with van der Waals surface area (Å²) in [5.41, 5.74) is -3.21. The fourth-order valence-electron chi connectivity index (χ4n) is 1.70. The van der Waals surface area contributed by atoms with Gasteiger partial charge in [0.1, 0.15) is 5.82 Å². The highest BCUT2D eigenvalue weighted by Crippen LogP contribution is 2.44. The summed E-state index contributed by atoms with van der Waals surface area (Å²) in [7, 11) is 0. The Morgan fingerprint density at radius 3 is 2.33 bits per heavy atom. The van der Waals surface area contributed by atoms with Gasteiger partial charge in [-0.15, -0.1) is 0 Å². The van der Waals surface area contributed by atoms with E-state index < -0.39 is 40.5 Å². The number of nitrogens with one attached hydrogen (secondary N) is 2. The van der Waals surface area contributed by atoms with Crippen molar-refractivity contribution < 1.29 is 31.1 Å². The lowest BCUT2D eigenvalue weighted by Gasteiger charge is -2.20. The molecule has 2 N–H and O–H groups in total. The summed E-state index contributed by atoms with van der Waals surface area (Å²) in [4.78, 5) is 22.8. The molecule has 0 saturated carbocycles. The van der Waals surface area contributed by atoms with Gasteiger partial charge in [0.25, 0.3) is 11.5 Å². The normalized spacial score (nSPS) is 12.1. The zero-order valence-corrected chi connectivity index (χ0v) is 11.4. The third-order valence-electron chi connectivity index (χ3n) is 2.86. The third-order valence-corrected chi connectivity index (χ3v) is 2.86. The van der Waals surface area contributed by atoms with E-state index in [-0.39, 0.29) is 11.8 Å². The Labute approximate surface area is 129 Å². The highest BCUT2D eigenvalue weighted by Gasteiger charge is 2.58. The third kappa shape index (κ3) is 3.39. The molecular formula is C13H7F6N3O2. The molecule has 0 fully saturated rings. The van der Waals surface area contributed by atoms with Crippen LogP contribution < -0.4 is 10.9 Å². The van der Waals surface area contributed by atoms with Crippen LogP contribution in [0.15, 0.2) is 35.3 Å². The van der Waals surface area contributed by atoms with Gasteiger partial charge >= 0.3 is 12.1 Å². The van der Waals surface area contributed by atoms with Crippen LogP contribution in [-0.4, -0.2) is 22.3 Å². The molecule has 1 aromatic carbocycles. The summed E-state index contributed by atoms with van der Waals surface area (Å²) < 4.78 is 76.7. The van der Waals surface area contributed by atoms with Gasteiger partial charge < -0.3 is 5.32 Å². The molecule has 11 heteroatoms. The second kappa shape index (κ2) is 5.98. The SMILES string of the molecule is O=C(Nc1cn[nH]c(=O)c1)c1ccc(C(F)(F)C(F)(F)F)cc1F. The number of benzene rings is 1. The second-order valence-corrected chi connectivity index (χ2v) is 4.55. The Kier molecular flexibility index (Phi) is 4.36. The lowest BCUT2D eigenvalue weighted by atomic mass is 10.0. The zero-order valence-electron chi connectivity index (χ0n) is 11.4. The number of hydrogen-bond donors (Lipinski definition) is 2. The van der Waals surface area contributed by atoms with Crippen molar-refractivity contribution in [3.05, 3.63) is 57.8 Å². The maximum atomic E-state index is 13.8. The first-order valence-electron chi connectivity index (χ1n) is 6.13. The Balaban J connectivity index is 2.30. The molecule has 2 rings (SSSR count). The smallest absolute Gasteiger partial charge is 0.320 e. The first kappa shape index (κ1) is 17.5. The van der Waals surface area contributed by atoms with Crippen molar-refractivity contribution in [3.63, 3.8) is 0 Å². The van der Waals surface area contributed by atoms with E-state index in [0.717, 1.165) is 12.3 Å². The van der Waals surface area contributed by atoms with Gasteiger partial charge in [-0.1, -0.05) is 6.07 Å². The molecule has 0 radical (unpaired) electrons. The lowest BCUT2D eigenvalue weighted by molar-refractivity contribution is -0.289. The number of aromatic amines is 1. The number of alkyl halides is 5. The molecule has 128 valence electrons. The zero-order chi connectivity index (χ0) is 18.1. The minimum Gasteiger partial charge on any atom is -0.320 e. The maximum Gasteiger partial charge on any atom is 0.458 e. The van der Waals surface area contributed by atoms with Gasteiger partial charge in [0.2, 0.25) is 0 Å². The van der Waals surface area contributed by atoms with Crippen molar-refractivity contribution in [2.45, 2.75) is 12.1 Å². The summed E-state index contributed by atoms with van der Waals surface area (Å²) in [6.45, 7) is 0.